The molecule has 0 aromatic carbocycles. The van der Waals surface area contributed by atoms with Gasteiger partial charge in [0.2, 0.25) is 0 Å². The molecule has 1 N–H and O–H groups in total. The summed E-state index contributed by atoms with van der Waals surface area (Å²) in [5, 5.41) is 9.14. The number of aliphatic hydroxyl groups is 1. The van der Waals surface area contributed by atoms with E-state index in [0.717, 1.165) is 0 Å². The molecule has 0 aliphatic rings. The van der Waals surface area contributed by atoms with Crippen molar-refractivity contribution in [2.45, 2.75) is 11.4 Å². The molecule has 0 bridgehead atoms. The molecule has 0 unspecified atom stereocenters. The average molecular weight is 222 g/mol. The molecule has 2 nitrogen and oxygen atoms in total. The van der Waals surface area contributed by atoms with Crippen LogP contribution in [0.5, 0.6) is 0 Å². The van der Waals surface area contributed by atoms with Crippen molar-refractivity contribution in [1.82, 2.24) is 4.98 Å². The van der Waals surface area contributed by atoms with Gasteiger partial charge in [-0.1, -0.05) is 11.6 Å². The summed E-state index contributed by atoms with van der Waals surface area (Å²) in [6, 6.07) is 1.23. The van der Waals surface area contributed by atoms with Crippen LogP contribution in [0.3, 0.4) is 0 Å². The van der Waals surface area contributed by atoms with Gasteiger partial charge in [0, 0.05) is 18.6 Å². The van der Waals surface area contributed by atoms with E-state index in [1.807, 2.05) is 0 Å². The number of aromatic nitrogens is 1. The van der Waals surface area contributed by atoms with Gasteiger partial charge >= 0.3 is 0 Å². The first kappa shape index (κ1) is 10.8. The van der Waals surface area contributed by atoms with Crippen molar-refractivity contribution >= 4 is 23.4 Å². The van der Waals surface area contributed by atoms with Crippen LogP contribution >= 0.6 is 23.4 Å². The minimum atomic E-state index is -0.407. The quantitative estimate of drug-likeness (QED) is 0.626. The number of thioether (sulfide) groups is 1. The van der Waals surface area contributed by atoms with Gasteiger partial charge in [0.05, 0.1) is 5.02 Å². The molecule has 0 spiro atoms. The predicted molar refractivity (Wildman–Crippen MR) is 51.6 cm³/mol. The lowest BCUT2D eigenvalue weighted by molar-refractivity contribution is 0.296. The first-order valence-electron chi connectivity index (χ1n) is 3.78. The van der Waals surface area contributed by atoms with E-state index >= 15 is 0 Å². The Morgan fingerprint density at radius 1 is 1.62 bits per heavy atom. The summed E-state index contributed by atoms with van der Waals surface area (Å²) in [5.41, 5.74) is 0. The first-order valence-corrected chi connectivity index (χ1v) is 5.15. The van der Waals surface area contributed by atoms with E-state index in [9.17, 15) is 4.39 Å². The zero-order valence-electron chi connectivity index (χ0n) is 6.83. The molecule has 0 saturated heterocycles. The van der Waals surface area contributed by atoms with Crippen LogP contribution in [-0.4, -0.2) is 22.5 Å². The van der Waals surface area contributed by atoms with Crippen LogP contribution < -0.4 is 0 Å². The Morgan fingerprint density at radius 2 is 2.38 bits per heavy atom. The fourth-order valence-electron chi connectivity index (χ4n) is 0.742. The number of hydrogen-bond acceptors (Lipinski definition) is 3. The summed E-state index contributed by atoms with van der Waals surface area (Å²) < 4.78 is 13.0. The van der Waals surface area contributed by atoms with Crippen molar-refractivity contribution in [2.75, 3.05) is 12.4 Å². The van der Waals surface area contributed by atoms with Crippen molar-refractivity contribution in [2.24, 2.45) is 0 Å². The molecule has 0 atom stereocenters. The summed E-state index contributed by atoms with van der Waals surface area (Å²) in [6.45, 7) is 0.113. The van der Waals surface area contributed by atoms with Crippen molar-refractivity contribution in [3.63, 3.8) is 0 Å². The van der Waals surface area contributed by atoms with Crippen molar-refractivity contribution in [1.29, 1.82) is 0 Å². The minimum Gasteiger partial charge on any atom is -0.396 e. The van der Waals surface area contributed by atoms with Gasteiger partial charge in [0.25, 0.3) is 0 Å². The lowest BCUT2D eigenvalue weighted by Gasteiger charge is -2.00. The van der Waals surface area contributed by atoms with Crippen molar-refractivity contribution in [3.8, 4) is 0 Å². The van der Waals surface area contributed by atoms with E-state index in [1.54, 1.807) is 0 Å². The number of aliphatic hydroxyl groups excluding tert-OH is 1. The lowest BCUT2D eigenvalue weighted by Crippen LogP contribution is -1.90. The zero-order valence-corrected chi connectivity index (χ0v) is 8.41. The second-order valence-corrected chi connectivity index (χ2v) is 3.89. The third-order valence-electron chi connectivity index (χ3n) is 1.32. The molecule has 1 aromatic heterocycles. The van der Waals surface area contributed by atoms with Crippen LogP contribution in [0.2, 0.25) is 5.02 Å². The summed E-state index contributed by atoms with van der Waals surface area (Å²) in [7, 11) is 0. The highest BCUT2D eigenvalue weighted by Gasteiger charge is 2.04. The van der Waals surface area contributed by atoms with Gasteiger partial charge in [-0.05, 0) is 12.5 Å². The molecule has 0 amide bonds. The van der Waals surface area contributed by atoms with Crippen molar-refractivity contribution < 1.29 is 9.50 Å². The van der Waals surface area contributed by atoms with Gasteiger partial charge in [-0.25, -0.2) is 9.37 Å². The number of rotatable bonds is 4. The smallest absolute Gasteiger partial charge is 0.156 e. The minimum absolute atomic E-state index is 0.113. The summed E-state index contributed by atoms with van der Waals surface area (Å²) in [6.07, 6.45) is 2.04. The molecule has 72 valence electrons. The van der Waals surface area contributed by atoms with Crippen LogP contribution in [0.4, 0.5) is 4.39 Å². The average Bonchev–Trinajstić information content (AvgIpc) is 2.09. The Kier molecular flexibility index (Phi) is 4.48. The van der Waals surface area contributed by atoms with E-state index in [0.29, 0.717) is 22.2 Å². The zero-order chi connectivity index (χ0) is 9.68. The molecule has 0 radical (unpaired) electrons. The van der Waals surface area contributed by atoms with E-state index in [1.165, 1.54) is 24.0 Å². The molecule has 0 aliphatic carbocycles. The molecular formula is C8H9ClFNOS. The van der Waals surface area contributed by atoms with Gasteiger partial charge in [-0.3, -0.25) is 0 Å². The fourth-order valence-corrected chi connectivity index (χ4v) is 1.68. The van der Waals surface area contributed by atoms with Crippen molar-refractivity contribution in [3.05, 3.63) is 23.1 Å². The highest BCUT2D eigenvalue weighted by molar-refractivity contribution is 7.99. The van der Waals surface area contributed by atoms with E-state index in [4.69, 9.17) is 16.7 Å². The number of nitrogens with zero attached hydrogens (tertiary/aromatic N) is 1. The highest BCUT2D eigenvalue weighted by Crippen LogP contribution is 2.21. The number of hydrogen-bond donors (Lipinski definition) is 1. The largest absolute Gasteiger partial charge is 0.396 e. The molecule has 0 fully saturated rings. The van der Waals surface area contributed by atoms with E-state index in [-0.39, 0.29) is 6.61 Å². The maximum atomic E-state index is 13.0. The van der Waals surface area contributed by atoms with Crippen LogP contribution in [0.1, 0.15) is 6.42 Å². The van der Waals surface area contributed by atoms with Gasteiger partial charge < -0.3 is 5.11 Å². The molecule has 1 rings (SSSR count). The second kappa shape index (κ2) is 5.42. The SMILES string of the molecule is OCCCSc1ncc(Cl)cc1F. The van der Waals surface area contributed by atoms with E-state index in [2.05, 4.69) is 4.98 Å². The van der Waals surface area contributed by atoms with Gasteiger partial charge in [-0.2, -0.15) is 0 Å². The fraction of sp³-hybridized carbons (Fsp3) is 0.375. The molecule has 1 aromatic rings. The summed E-state index contributed by atoms with van der Waals surface area (Å²) in [4.78, 5) is 3.82. The standard InChI is InChI=1S/C8H9ClFNOS/c9-6-4-7(10)8(11-5-6)13-3-1-2-12/h4-5,12H,1-3H2. The van der Waals surface area contributed by atoms with Crippen LogP contribution in [0.15, 0.2) is 17.3 Å². The topological polar surface area (TPSA) is 33.1 Å². The maximum Gasteiger partial charge on any atom is 0.156 e. The molecule has 0 aliphatic heterocycles. The Bertz CT molecular complexity index is 285. The first-order chi connectivity index (χ1) is 6.24. The lowest BCUT2D eigenvalue weighted by atomic mass is 10.5. The van der Waals surface area contributed by atoms with E-state index < -0.39 is 5.82 Å². The number of halogens is 2. The van der Waals surface area contributed by atoms with Crippen LogP contribution in [0.25, 0.3) is 0 Å². The normalized spacial score (nSPS) is 10.4. The van der Waals surface area contributed by atoms with Gasteiger partial charge in [0.1, 0.15) is 5.03 Å². The summed E-state index contributed by atoms with van der Waals surface area (Å²) >= 11 is 6.80. The third-order valence-corrected chi connectivity index (χ3v) is 2.59. The molecule has 13 heavy (non-hydrogen) atoms. The Balaban J connectivity index is 2.56. The second-order valence-electron chi connectivity index (χ2n) is 2.37. The predicted octanol–water partition coefficient (Wildman–Crippen LogP) is 2.35. The Labute approximate surface area is 85.1 Å². The number of pyridine rings is 1. The van der Waals surface area contributed by atoms with Crippen LogP contribution in [0, 0.1) is 5.82 Å². The Morgan fingerprint density at radius 3 is 3.00 bits per heavy atom. The molecule has 1 heterocycles. The third kappa shape index (κ3) is 3.50. The molecule has 5 heteroatoms. The van der Waals surface area contributed by atoms with Crippen LogP contribution in [-0.2, 0) is 0 Å². The highest BCUT2D eigenvalue weighted by atomic mass is 35.5. The molecular weight excluding hydrogens is 213 g/mol. The maximum absolute atomic E-state index is 13.0. The Hall–Kier alpha value is -0.320. The summed E-state index contributed by atoms with van der Waals surface area (Å²) in [5.74, 6) is 0.248. The molecule has 0 saturated carbocycles. The van der Waals surface area contributed by atoms with Gasteiger partial charge in [0.15, 0.2) is 5.82 Å². The van der Waals surface area contributed by atoms with Gasteiger partial charge in [-0.15, -0.1) is 11.8 Å². The monoisotopic (exact) mass is 221 g/mol.